The Balaban J connectivity index is 2.57. The first-order chi connectivity index (χ1) is 8.52. The molecule has 2 rings (SSSR count). The van der Waals surface area contributed by atoms with Crippen LogP contribution in [0.15, 0.2) is 23.8 Å². The molecule has 0 aromatic heterocycles. The van der Waals surface area contributed by atoms with Crippen LogP contribution in [0.4, 0.5) is 0 Å². The topological polar surface area (TPSA) is 85.2 Å². The third-order valence-corrected chi connectivity index (χ3v) is 2.45. The van der Waals surface area contributed by atoms with Gasteiger partial charge in [0.2, 0.25) is 5.76 Å². The number of hydrogen-bond acceptors (Lipinski definition) is 6. The van der Waals surface area contributed by atoms with Crippen molar-refractivity contribution in [2.75, 3.05) is 13.7 Å². The number of ether oxygens (including phenoxy) is 3. The van der Waals surface area contributed by atoms with Crippen LogP contribution in [0.25, 0.3) is 0 Å². The normalized spacial score (nSPS) is 14.1. The fourth-order valence-corrected chi connectivity index (χ4v) is 1.61. The maximum absolute atomic E-state index is 11.6. The number of rotatable bonds is 1. The first-order valence-corrected chi connectivity index (χ1v) is 5.24. The van der Waals surface area contributed by atoms with Crippen LogP contribution in [-0.2, 0) is 4.74 Å². The van der Waals surface area contributed by atoms with Gasteiger partial charge < -0.3 is 24.4 Å². The van der Waals surface area contributed by atoms with Crippen molar-refractivity contribution in [3.63, 3.8) is 0 Å². The van der Waals surface area contributed by atoms with Gasteiger partial charge in [0.15, 0.2) is 18.1 Å². The third kappa shape index (κ3) is 2.14. The molecule has 0 amide bonds. The Hall–Kier alpha value is -2.08. The minimum atomic E-state index is -0.735. The number of aliphatic hydroxyl groups excluding tert-OH is 2. The van der Waals surface area contributed by atoms with Crippen LogP contribution in [0, 0.1) is 0 Å². The molecule has 0 aliphatic carbocycles. The second kappa shape index (κ2) is 4.66. The molecular weight excluding hydrogens is 264 g/mol. The Morgan fingerprint density at radius 1 is 1.44 bits per heavy atom. The summed E-state index contributed by atoms with van der Waals surface area (Å²) < 4.78 is 14.7. The summed E-state index contributed by atoms with van der Waals surface area (Å²) in [7, 11) is 1.19. The second-order valence-corrected chi connectivity index (χ2v) is 3.85. The quantitative estimate of drug-likeness (QED) is 0.762. The van der Waals surface area contributed by atoms with Gasteiger partial charge in [0.25, 0.3) is 0 Å². The van der Waals surface area contributed by atoms with Gasteiger partial charge in [-0.1, -0.05) is 11.6 Å². The van der Waals surface area contributed by atoms with Crippen LogP contribution in [0.2, 0.25) is 5.02 Å². The number of aliphatic hydroxyl groups is 2. The van der Waals surface area contributed by atoms with E-state index in [1.807, 2.05) is 0 Å². The van der Waals surface area contributed by atoms with Crippen LogP contribution in [-0.4, -0.2) is 29.9 Å². The van der Waals surface area contributed by atoms with E-state index < -0.39 is 17.7 Å². The predicted octanol–water partition coefficient (Wildman–Crippen LogP) is 2.18. The SMILES string of the molecule is COC(=O)c1cc(Cl)cc2c1OC(O)=C(O)CO2. The van der Waals surface area contributed by atoms with Crippen LogP contribution >= 0.6 is 11.6 Å². The number of esters is 1. The molecule has 18 heavy (non-hydrogen) atoms. The van der Waals surface area contributed by atoms with Gasteiger partial charge in [0.1, 0.15) is 5.56 Å². The van der Waals surface area contributed by atoms with Crippen molar-refractivity contribution >= 4 is 17.6 Å². The van der Waals surface area contributed by atoms with E-state index in [4.69, 9.17) is 21.1 Å². The summed E-state index contributed by atoms with van der Waals surface area (Å²) in [4.78, 5) is 11.6. The molecule has 0 bridgehead atoms. The first kappa shape index (κ1) is 12.4. The highest BCUT2D eigenvalue weighted by Crippen LogP contribution is 2.38. The summed E-state index contributed by atoms with van der Waals surface area (Å²) in [5.74, 6) is -1.86. The van der Waals surface area contributed by atoms with Gasteiger partial charge in [-0.15, -0.1) is 0 Å². The molecule has 0 spiro atoms. The summed E-state index contributed by atoms with van der Waals surface area (Å²) in [5.41, 5.74) is -0.0127. The summed E-state index contributed by atoms with van der Waals surface area (Å²) in [5, 5.41) is 18.9. The number of carbonyl (C=O) groups excluding carboxylic acids is 1. The third-order valence-electron chi connectivity index (χ3n) is 2.23. The van der Waals surface area contributed by atoms with Gasteiger partial charge >= 0.3 is 11.9 Å². The Morgan fingerprint density at radius 2 is 2.17 bits per heavy atom. The van der Waals surface area contributed by atoms with E-state index in [0.717, 1.165) is 0 Å². The number of methoxy groups -OCH3 is 1. The zero-order valence-electron chi connectivity index (χ0n) is 9.27. The summed E-state index contributed by atoms with van der Waals surface area (Å²) in [6.45, 7) is -0.292. The molecule has 0 saturated heterocycles. The highest BCUT2D eigenvalue weighted by molar-refractivity contribution is 6.31. The van der Waals surface area contributed by atoms with E-state index in [0.29, 0.717) is 0 Å². The fraction of sp³-hybridized carbons (Fsp3) is 0.182. The molecule has 0 radical (unpaired) electrons. The molecular formula is C11H9ClO6. The van der Waals surface area contributed by atoms with E-state index in [1.54, 1.807) is 0 Å². The Kier molecular flexibility index (Phi) is 3.20. The van der Waals surface area contributed by atoms with Crippen LogP contribution in [0.3, 0.4) is 0 Å². The largest absolute Gasteiger partial charge is 0.503 e. The van der Waals surface area contributed by atoms with Crippen LogP contribution in [0.1, 0.15) is 10.4 Å². The summed E-state index contributed by atoms with van der Waals surface area (Å²) >= 11 is 5.83. The number of benzene rings is 1. The van der Waals surface area contributed by atoms with Gasteiger partial charge in [-0.3, -0.25) is 0 Å². The zero-order chi connectivity index (χ0) is 13.3. The van der Waals surface area contributed by atoms with Gasteiger partial charge in [0, 0.05) is 11.1 Å². The number of fused-ring (bicyclic) bond motifs is 1. The van der Waals surface area contributed by atoms with Crippen LogP contribution < -0.4 is 9.47 Å². The molecule has 1 aromatic carbocycles. The van der Waals surface area contributed by atoms with Crippen molar-refractivity contribution in [2.45, 2.75) is 0 Å². The van der Waals surface area contributed by atoms with Gasteiger partial charge in [-0.05, 0) is 6.07 Å². The standard InChI is InChI=1S/C11H9ClO6/c1-16-10(14)6-2-5(12)3-8-9(6)18-11(15)7(13)4-17-8/h2-3,13,15H,4H2,1H3. The predicted molar refractivity (Wildman–Crippen MR) is 61.2 cm³/mol. The lowest BCUT2D eigenvalue weighted by molar-refractivity contribution is 0.0594. The van der Waals surface area contributed by atoms with E-state index in [1.165, 1.54) is 19.2 Å². The summed E-state index contributed by atoms with van der Waals surface area (Å²) in [6.07, 6.45) is 0. The number of hydrogen-bond donors (Lipinski definition) is 2. The molecule has 1 aliphatic heterocycles. The Morgan fingerprint density at radius 3 is 2.83 bits per heavy atom. The molecule has 7 heteroatoms. The number of carbonyl (C=O) groups is 1. The Labute approximate surface area is 107 Å². The molecule has 0 saturated carbocycles. The second-order valence-electron chi connectivity index (χ2n) is 3.41. The van der Waals surface area contributed by atoms with Crippen molar-refractivity contribution in [3.8, 4) is 11.5 Å². The lowest BCUT2D eigenvalue weighted by atomic mass is 10.2. The monoisotopic (exact) mass is 272 g/mol. The van der Waals surface area contributed by atoms with Crippen molar-refractivity contribution < 1.29 is 29.2 Å². The van der Waals surface area contributed by atoms with E-state index in [-0.39, 0.29) is 28.7 Å². The highest BCUT2D eigenvalue weighted by atomic mass is 35.5. The van der Waals surface area contributed by atoms with Gasteiger partial charge in [0.05, 0.1) is 7.11 Å². The fourth-order valence-electron chi connectivity index (χ4n) is 1.41. The highest BCUT2D eigenvalue weighted by Gasteiger charge is 2.25. The number of halogens is 1. The average Bonchev–Trinajstić information content (AvgIpc) is 2.49. The first-order valence-electron chi connectivity index (χ1n) is 4.86. The molecule has 6 nitrogen and oxygen atoms in total. The lowest BCUT2D eigenvalue weighted by Gasteiger charge is -2.11. The molecule has 0 unspecified atom stereocenters. The molecule has 2 N–H and O–H groups in total. The molecule has 1 aromatic rings. The van der Waals surface area contributed by atoms with Crippen molar-refractivity contribution in [1.29, 1.82) is 0 Å². The Bertz CT molecular complexity index is 537. The van der Waals surface area contributed by atoms with Gasteiger partial charge in [-0.2, -0.15) is 0 Å². The van der Waals surface area contributed by atoms with Crippen LogP contribution in [0.5, 0.6) is 11.5 Å². The minimum Gasteiger partial charge on any atom is -0.503 e. The molecule has 96 valence electrons. The minimum absolute atomic E-state index is 0.0127. The zero-order valence-corrected chi connectivity index (χ0v) is 10.0. The van der Waals surface area contributed by atoms with E-state index in [9.17, 15) is 15.0 Å². The van der Waals surface area contributed by atoms with Gasteiger partial charge in [-0.25, -0.2) is 4.79 Å². The molecule has 1 heterocycles. The van der Waals surface area contributed by atoms with E-state index in [2.05, 4.69) is 4.74 Å². The van der Waals surface area contributed by atoms with E-state index >= 15 is 0 Å². The maximum Gasteiger partial charge on any atom is 0.341 e. The summed E-state index contributed by atoms with van der Waals surface area (Å²) in [6, 6.07) is 2.71. The lowest BCUT2D eigenvalue weighted by Crippen LogP contribution is -2.06. The van der Waals surface area contributed by atoms with Crippen molar-refractivity contribution in [2.24, 2.45) is 0 Å². The van der Waals surface area contributed by atoms with Crippen molar-refractivity contribution in [1.82, 2.24) is 0 Å². The maximum atomic E-state index is 11.6. The molecule has 0 fully saturated rings. The van der Waals surface area contributed by atoms with Crippen molar-refractivity contribution in [3.05, 3.63) is 34.4 Å². The molecule has 0 atom stereocenters. The molecule has 1 aliphatic rings. The average molecular weight is 273 g/mol. The smallest absolute Gasteiger partial charge is 0.341 e.